The van der Waals surface area contributed by atoms with Crippen LogP contribution in [-0.2, 0) is 11.3 Å². The van der Waals surface area contributed by atoms with Crippen molar-refractivity contribution in [2.75, 3.05) is 0 Å². The molecule has 2 heterocycles. The van der Waals surface area contributed by atoms with Crippen molar-refractivity contribution in [2.45, 2.75) is 6.54 Å². The van der Waals surface area contributed by atoms with Crippen molar-refractivity contribution < 1.29 is 13.6 Å². The van der Waals surface area contributed by atoms with Crippen LogP contribution in [0.5, 0.6) is 0 Å². The Bertz CT molecular complexity index is 1490. The number of hydrogen-bond donors (Lipinski definition) is 1. The third-order valence-corrected chi connectivity index (χ3v) is 5.39. The second kappa shape index (κ2) is 8.67. The summed E-state index contributed by atoms with van der Waals surface area (Å²) in [6.07, 6.45) is 4.43. The molecule has 33 heavy (non-hydrogen) atoms. The predicted octanol–water partition coefficient (Wildman–Crippen LogP) is 5.79. The summed E-state index contributed by atoms with van der Waals surface area (Å²) in [6, 6.07) is 23.3. The summed E-state index contributed by atoms with van der Waals surface area (Å²) in [6.45, 7) is 0.224. The molecule has 0 saturated heterocycles. The molecule has 5 rings (SSSR count). The maximum absolute atomic E-state index is 13.3. The van der Waals surface area contributed by atoms with Gasteiger partial charge in [-0.05, 0) is 48.0 Å². The number of rotatable bonds is 5. The maximum Gasteiger partial charge on any atom is 0.244 e. The van der Waals surface area contributed by atoms with Crippen LogP contribution in [0.15, 0.2) is 91.1 Å². The summed E-state index contributed by atoms with van der Waals surface area (Å²) in [4.78, 5) is 16.8. The van der Waals surface area contributed by atoms with Gasteiger partial charge in [0.05, 0.1) is 29.5 Å². The Hall–Kier alpha value is -4.32. The van der Waals surface area contributed by atoms with Crippen molar-refractivity contribution in [2.24, 2.45) is 0 Å². The second-order valence-corrected chi connectivity index (χ2v) is 7.63. The van der Waals surface area contributed by atoms with E-state index in [0.717, 1.165) is 45.7 Å². The van der Waals surface area contributed by atoms with Crippen molar-refractivity contribution in [1.29, 1.82) is 0 Å². The number of halogens is 2. The van der Waals surface area contributed by atoms with Gasteiger partial charge in [-0.15, -0.1) is 0 Å². The lowest BCUT2D eigenvalue weighted by Gasteiger charge is -2.07. The summed E-state index contributed by atoms with van der Waals surface area (Å²) in [5, 5.41) is 4.90. The van der Waals surface area contributed by atoms with E-state index in [1.54, 1.807) is 0 Å². The van der Waals surface area contributed by atoms with E-state index in [9.17, 15) is 13.6 Å². The molecule has 0 bridgehead atoms. The third-order valence-electron chi connectivity index (χ3n) is 5.39. The minimum absolute atomic E-state index is 0.224. The van der Waals surface area contributed by atoms with E-state index in [0.29, 0.717) is 5.69 Å². The van der Waals surface area contributed by atoms with Gasteiger partial charge in [0.15, 0.2) is 0 Å². The smallest absolute Gasteiger partial charge is 0.244 e. The van der Waals surface area contributed by atoms with E-state index in [2.05, 4.69) is 39.1 Å². The first-order valence-electron chi connectivity index (χ1n) is 10.4. The van der Waals surface area contributed by atoms with Gasteiger partial charge in [0.1, 0.15) is 11.6 Å². The Balaban J connectivity index is 1.40. The number of aromatic nitrogens is 2. The summed E-state index contributed by atoms with van der Waals surface area (Å²) in [5.41, 5.74) is 4.08. The van der Waals surface area contributed by atoms with Gasteiger partial charge in [0.25, 0.3) is 0 Å². The fraction of sp³-hybridized carbons (Fsp3) is 0.0370. The number of carbonyl (C=O) groups is 1. The second-order valence-electron chi connectivity index (χ2n) is 7.63. The normalized spacial score (nSPS) is 11.5. The largest absolute Gasteiger partial charge is 0.347 e. The molecule has 5 aromatic rings. The molecule has 2 aromatic heterocycles. The lowest BCUT2D eigenvalue weighted by Crippen LogP contribution is -2.20. The number of amides is 1. The highest BCUT2D eigenvalue weighted by Crippen LogP contribution is 2.31. The van der Waals surface area contributed by atoms with Crippen LogP contribution < -0.4 is 5.32 Å². The third kappa shape index (κ3) is 4.23. The van der Waals surface area contributed by atoms with Gasteiger partial charge in [-0.2, -0.15) is 0 Å². The van der Waals surface area contributed by atoms with E-state index < -0.39 is 11.6 Å². The monoisotopic (exact) mass is 439 g/mol. The van der Waals surface area contributed by atoms with Gasteiger partial charge in [0.2, 0.25) is 5.91 Å². The summed E-state index contributed by atoms with van der Waals surface area (Å²) in [7, 11) is 0. The number of nitrogens with zero attached hydrogens (tertiary/aromatic N) is 2. The standard InChI is InChI=1S/C27H19F2N3O/c28-19-12-18(13-20(29)14-19)10-11-27(33)31-16-21-15-24-23-8-4-5-9-25(23)32(26(24)17-30-21)22-6-2-1-3-7-22/h1-15,17H,16H2,(H,31,33)/b11-10+. The molecule has 0 radical (unpaired) electrons. The topological polar surface area (TPSA) is 46.9 Å². The maximum atomic E-state index is 13.3. The lowest BCUT2D eigenvalue weighted by molar-refractivity contribution is -0.116. The fourth-order valence-electron chi connectivity index (χ4n) is 3.94. The molecule has 0 atom stereocenters. The molecule has 0 aliphatic heterocycles. The quantitative estimate of drug-likeness (QED) is 0.353. The zero-order chi connectivity index (χ0) is 22.8. The Kier molecular flexibility index (Phi) is 5.40. The van der Waals surface area contributed by atoms with E-state index in [4.69, 9.17) is 0 Å². The van der Waals surface area contributed by atoms with Crippen molar-refractivity contribution >= 4 is 33.8 Å². The van der Waals surface area contributed by atoms with E-state index in [1.165, 1.54) is 12.2 Å². The van der Waals surface area contributed by atoms with Crippen LogP contribution in [-0.4, -0.2) is 15.5 Å². The number of benzene rings is 3. The molecule has 6 heteroatoms. The van der Waals surface area contributed by atoms with Crippen LogP contribution in [0.25, 0.3) is 33.6 Å². The lowest BCUT2D eigenvalue weighted by atomic mass is 10.1. The molecule has 0 aliphatic carbocycles. The van der Waals surface area contributed by atoms with Gasteiger partial charge < -0.3 is 9.88 Å². The Morgan fingerprint density at radius 3 is 2.39 bits per heavy atom. The van der Waals surface area contributed by atoms with Crippen LogP contribution in [0.2, 0.25) is 0 Å². The van der Waals surface area contributed by atoms with Gasteiger partial charge in [-0.25, -0.2) is 8.78 Å². The van der Waals surface area contributed by atoms with Crippen LogP contribution in [0.4, 0.5) is 8.78 Å². The van der Waals surface area contributed by atoms with Crippen molar-refractivity contribution in [1.82, 2.24) is 14.9 Å². The molecule has 3 aromatic carbocycles. The minimum atomic E-state index is -0.692. The first kappa shape index (κ1) is 20.6. The Morgan fingerprint density at radius 1 is 0.879 bits per heavy atom. The average molecular weight is 439 g/mol. The highest BCUT2D eigenvalue weighted by atomic mass is 19.1. The fourth-order valence-corrected chi connectivity index (χ4v) is 3.94. The van der Waals surface area contributed by atoms with Gasteiger partial charge in [-0.1, -0.05) is 36.4 Å². The molecule has 0 spiro atoms. The summed E-state index contributed by atoms with van der Waals surface area (Å²) in [5.74, 6) is -1.77. The predicted molar refractivity (Wildman–Crippen MR) is 126 cm³/mol. The van der Waals surface area contributed by atoms with Crippen LogP contribution >= 0.6 is 0 Å². The number of hydrogen-bond acceptors (Lipinski definition) is 2. The van der Waals surface area contributed by atoms with Crippen LogP contribution in [0, 0.1) is 11.6 Å². The highest BCUT2D eigenvalue weighted by molar-refractivity contribution is 6.09. The molecule has 1 N–H and O–H groups in total. The molecular formula is C27H19F2N3O. The molecule has 0 saturated carbocycles. The Morgan fingerprint density at radius 2 is 1.61 bits per heavy atom. The SMILES string of the molecule is O=C(/C=C/c1cc(F)cc(F)c1)NCc1cc2c3ccccc3n(-c3ccccc3)c2cn1. The van der Waals surface area contributed by atoms with Crippen LogP contribution in [0.1, 0.15) is 11.3 Å². The molecule has 0 fully saturated rings. The molecule has 4 nitrogen and oxygen atoms in total. The zero-order valence-corrected chi connectivity index (χ0v) is 17.5. The molecular weight excluding hydrogens is 420 g/mol. The average Bonchev–Trinajstić information content (AvgIpc) is 3.15. The summed E-state index contributed by atoms with van der Waals surface area (Å²) >= 11 is 0. The molecule has 1 amide bonds. The first-order valence-corrected chi connectivity index (χ1v) is 10.4. The number of carbonyl (C=O) groups excluding carboxylic acids is 1. The molecule has 162 valence electrons. The number of para-hydroxylation sites is 2. The van der Waals surface area contributed by atoms with Gasteiger partial charge >= 0.3 is 0 Å². The van der Waals surface area contributed by atoms with E-state index in [1.807, 2.05) is 42.6 Å². The van der Waals surface area contributed by atoms with Crippen molar-refractivity contribution in [3.05, 3.63) is 114 Å². The van der Waals surface area contributed by atoms with Crippen molar-refractivity contribution in [3.8, 4) is 5.69 Å². The first-order chi connectivity index (χ1) is 16.1. The van der Waals surface area contributed by atoms with Gasteiger partial charge in [0, 0.05) is 28.6 Å². The number of pyridine rings is 1. The van der Waals surface area contributed by atoms with Crippen molar-refractivity contribution in [3.63, 3.8) is 0 Å². The number of fused-ring (bicyclic) bond motifs is 3. The summed E-state index contributed by atoms with van der Waals surface area (Å²) < 4.78 is 28.7. The van der Waals surface area contributed by atoms with E-state index >= 15 is 0 Å². The van der Waals surface area contributed by atoms with Gasteiger partial charge in [-0.3, -0.25) is 9.78 Å². The van der Waals surface area contributed by atoms with Crippen LogP contribution in [0.3, 0.4) is 0 Å². The zero-order valence-electron chi connectivity index (χ0n) is 17.5. The number of nitrogens with one attached hydrogen (secondary N) is 1. The molecule has 0 unspecified atom stereocenters. The molecule has 0 aliphatic rings. The highest BCUT2D eigenvalue weighted by Gasteiger charge is 2.13. The Labute approximate surface area is 188 Å². The minimum Gasteiger partial charge on any atom is -0.347 e. The van der Waals surface area contributed by atoms with E-state index in [-0.39, 0.29) is 18.0 Å².